The Bertz CT molecular complexity index is 428. The summed E-state index contributed by atoms with van der Waals surface area (Å²) < 4.78 is 13.3. The maximum absolute atomic E-state index is 13.3. The van der Waals surface area contributed by atoms with Crippen LogP contribution in [0, 0.1) is 17.1 Å². The highest BCUT2D eigenvalue weighted by molar-refractivity contribution is 5.89. The van der Waals surface area contributed by atoms with Crippen molar-refractivity contribution < 1.29 is 9.18 Å². The van der Waals surface area contributed by atoms with E-state index >= 15 is 0 Å². The van der Waals surface area contributed by atoms with Crippen molar-refractivity contribution in [2.24, 2.45) is 0 Å². The number of carbonyl (C=O) groups excluding carboxylic acids is 1. The van der Waals surface area contributed by atoms with Crippen molar-refractivity contribution >= 4 is 5.78 Å². The molecule has 0 bridgehead atoms. The predicted octanol–water partition coefficient (Wildman–Crippen LogP) is 1.34. The number of halogens is 1. The van der Waals surface area contributed by atoms with E-state index < -0.39 is 11.2 Å². The minimum atomic E-state index is -1.01. The van der Waals surface area contributed by atoms with Crippen LogP contribution in [0.25, 0.3) is 0 Å². The average Bonchev–Trinajstić information content (AvgIpc) is 2.14. The molecule has 0 N–H and O–H groups in total. The smallest absolute Gasteiger partial charge is 0.146 e. The largest absolute Gasteiger partial charge is 0.300 e. The SMILES string of the molecule is N#CC1(c2ncccc2F)CC(=O)C1. The number of hydrogen-bond acceptors (Lipinski definition) is 3. The Labute approximate surface area is 80.2 Å². The van der Waals surface area contributed by atoms with Crippen LogP contribution in [0.5, 0.6) is 0 Å². The summed E-state index contributed by atoms with van der Waals surface area (Å²) in [6.45, 7) is 0. The fourth-order valence-electron chi connectivity index (χ4n) is 1.66. The van der Waals surface area contributed by atoms with E-state index in [-0.39, 0.29) is 24.3 Å². The third-order valence-corrected chi connectivity index (χ3v) is 2.42. The zero-order chi connectivity index (χ0) is 10.2. The summed E-state index contributed by atoms with van der Waals surface area (Å²) in [5, 5.41) is 8.92. The summed E-state index contributed by atoms with van der Waals surface area (Å²) in [7, 11) is 0. The summed E-state index contributed by atoms with van der Waals surface area (Å²) in [4.78, 5) is 14.7. The highest BCUT2D eigenvalue weighted by Crippen LogP contribution is 2.40. The molecular formula is C10H7FN2O. The van der Waals surface area contributed by atoms with E-state index in [0.29, 0.717) is 0 Å². The van der Waals surface area contributed by atoms with Gasteiger partial charge >= 0.3 is 0 Å². The van der Waals surface area contributed by atoms with Crippen molar-refractivity contribution in [1.29, 1.82) is 5.26 Å². The van der Waals surface area contributed by atoms with Gasteiger partial charge in [0.25, 0.3) is 0 Å². The molecule has 4 heteroatoms. The molecule has 0 unspecified atom stereocenters. The Morgan fingerprint density at radius 1 is 1.57 bits per heavy atom. The fraction of sp³-hybridized carbons (Fsp3) is 0.300. The van der Waals surface area contributed by atoms with Gasteiger partial charge in [-0.1, -0.05) is 0 Å². The lowest BCUT2D eigenvalue weighted by Gasteiger charge is -2.32. The van der Waals surface area contributed by atoms with Crippen molar-refractivity contribution in [2.75, 3.05) is 0 Å². The normalized spacial score (nSPS) is 18.4. The van der Waals surface area contributed by atoms with Crippen molar-refractivity contribution in [3.05, 3.63) is 29.8 Å². The van der Waals surface area contributed by atoms with E-state index in [1.807, 2.05) is 6.07 Å². The summed E-state index contributed by atoms with van der Waals surface area (Å²) in [6, 6.07) is 4.70. The number of rotatable bonds is 1. The summed E-state index contributed by atoms with van der Waals surface area (Å²) in [5.74, 6) is -0.529. The molecule has 1 aliphatic carbocycles. The number of hydrogen-bond donors (Lipinski definition) is 0. The average molecular weight is 190 g/mol. The second kappa shape index (κ2) is 2.88. The second-order valence-corrected chi connectivity index (χ2v) is 3.42. The lowest BCUT2D eigenvalue weighted by Crippen LogP contribution is -2.41. The standard InChI is InChI=1S/C10H7FN2O/c11-8-2-1-3-13-9(8)10(6-12)4-7(14)5-10/h1-3H,4-5H2. The van der Waals surface area contributed by atoms with Gasteiger partial charge < -0.3 is 0 Å². The molecule has 1 aliphatic rings. The van der Waals surface area contributed by atoms with Gasteiger partial charge in [0.2, 0.25) is 0 Å². The number of carbonyl (C=O) groups is 1. The minimum absolute atomic E-state index is 0.0170. The van der Waals surface area contributed by atoms with Gasteiger partial charge in [-0.25, -0.2) is 4.39 Å². The molecule has 1 aromatic heterocycles. The molecule has 70 valence electrons. The molecule has 1 aromatic rings. The van der Waals surface area contributed by atoms with Crippen LogP contribution in [0.15, 0.2) is 18.3 Å². The van der Waals surface area contributed by atoms with Crippen molar-refractivity contribution in [3.63, 3.8) is 0 Å². The lowest BCUT2D eigenvalue weighted by molar-refractivity contribution is -0.126. The summed E-state index contributed by atoms with van der Waals surface area (Å²) >= 11 is 0. The molecule has 1 saturated carbocycles. The van der Waals surface area contributed by atoms with Gasteiger partial charge in [-0.05, 0) is 12.1 Å². The molecule has 1 fully saturated rings. The van der Waals surface area contributed by atoms with Crippen LogP contribution in [0.4, 0.5) is 4.39 Å². The molecule has 0 amide bonds. The number of Topliss-reactive ketones (excluding diaryl/α,β-unsaturated/α-hetero) is 1. The third-order valence-electron chi connectivity index (χ3n) is 2.42. The first-order valence-electron chi connectivity index (χ1n) is 4.22. The van der Waals surface area contributed by atoms with E-state index in [2.05, 4.69) is 4.98 Å². The Morgan fingerprint density at radius 2 is 2.29 bits per heavy atom. The van der Waals surface area contributed by atoms with Crippen LogP contribution in [0.2, 0.25) is 0 Å². The van der Waals surface area contributed by atoms with Crippen LogP contribution < -0.4 is 0 Å². The highest BCUT2D eigenvalue weighted by atomic mass is 19.1. The molecule has 3 nitrogen and oxygen atoms in total. The number of aromatic nitrogens is 1. The first-order valence-corrected chi connectivity index (χ1v) is 4.22. The lowest BCUT2D eigenvalue weighted by atomic mass is 9.66. The Hall–Kier alpha value is -1.76. The number of nitrogens with zero attached hydrogens (tertiary/aromatic N) is 2. The molecule has 0 saturated heterocycles. The Morgan fingerprint density at radius 3 is 2.79 bits per heavy atom. The second-order valence-electron chi connectivity index (χ2n) is 3.42. The molecule has 0 spiro atoms. The fourth-order valence-corrected chi connectivity index (χ4v) is 1.66. The monoisotopic (exact) mass is 190 g/mol. The van der Waals surface area contributed by atoms with E-state index in [0.717, 1.165) is 0 Å². The molecule has 0 aromatic carbocycles. The first kappa shape index (κ1) is 8.82. The molecule has 0 aliphatic heterocycles. The molecular weight excluding hydrogens is 183 g/mol. The molecule has 1 heterocycles. The van der Waals surface area contributed by atoms with Crippen LogP contribution >= 0.6 is 0 Å². The van der Waals surface area contributed by atoms with Crippen molar-refractivity contribution in [1.82, 2.24) is 4.98 Å². The zero-order valence-electron chi connectivity index (χ0n) is 7.33. The van der Waals surface area contributed by atoms with Crippen LogP contribution in [-0.2, 0) is 10.2 Å². The summed E-state index contributed by atoms with van der Waals surface area (Å²) in [5.41, 5.74) is -0.912. The van der Waals surface area contributed by atoms with Crippen LogP contribution in [0.3, 0.4) is 0 Å². The highest BCUT2D eigenvalue weighted by Gasteiger charge is 2.48. The number of nitriles is 1. The van der Waals surface area contributed by atoms with Gasteiger partial charge in [0.15, 0.2) is 0 Å². The van der Waals surface area contributed by atoms with Gasteiger partial charge in [0.05, 0.1) is 11.8 Å². The van der Waals surface area contributed by atoms with Gasteiger partial charge in [0.1, 0.15) is 17.0 Å². The predicted molar refractivity (Wildman–Crippen MR) is 45.7 cm³/mol. The van der Waals surface area contributed by atoms with Crippen LogP contribution in [-0.4, -0.2) is 10.8 Å². The zero-order valence-corrected chi connectivity index (χ0v) is 7.33. The van der Waals surface area contributed by atoms with Gasteiger partial charge in [-0.15, -0.1) is 0 Å². The Balaban J connectivity index is 2.45. The van der Waals surface area contributed by atoms with Crippen molar-refractivity contribution in [3.8, 4) is 6.07 Å². The molecule has 0 atom stereocenters. The minimum Gasteiger partial charge on any atom is -0.300 e. The molecule has 0 radical (unpaired) electrons. The van der Waals surface area contributed by atoms with E-state index in [1.165, 1.54) is 18.3 Å². The maximum Gasteiger partial charge on any atom is 0.146 e. The number of pyridine rings is 1. The van der Waals surface area contributed by atoms with E-state index in [4.69, 9.17) is 5.26 Å². The third kappa shape index (κ3) is 1.10. The van der Waals surface area contributed by atoms with Gasteiger partial charge in [-0.2, -0.15) is 5.26 Å². The van der Waals surface area contributed by atoms with Gasteiger partial charge in [-0.3, -0.25) is 9.78 Å². The van der Waals surface area contributed by atoms with Gasteiger partial charge in [0, 0.05) is 19.0 Å². The summed E-state index contributed by atoms with van der Waals surface area (Å²) in [6.07, 6.45) is 1.59. The first-order chi connectivity index (χ1) is 6.68. The topological polar surface area (TPSA) is 53.8 Å². The van der Waals surface area contributed by atoms with Crippen LogP contribution in [0.1, 0.15) is 18.5 Å². The molecule has 2 rings (SSSR count). The van der Waals surface area contributed by atoms with Crippen molar-refractivity contribution in [2.45, 2.75) is 18.3 Å². The van der Waals surface area contributed by atoms with E-state index in [9.17, 15) is 9.18 Å². The maximum atomic E-state index is 13.3. The Kier molecular flexibility index (Phi) is 1.81. The molecule has 14 heavy (non-hydrogen) atoms. The number of ketones is 1. The van der Waals surface area contributed by atoms with E-state index in [1.54, 1.807) is 0 Å². The quantitative estimate of drug-likeness (QED) is 0.671.